The van der Waals surface area contributed by atoms with Gasteiger partial charge in [0, 0.05) is 25.2 Å². The predicted octanol–water partition coefficient (Wildman–Crippen LogP) is 0.856. The highest BCUT2D eigenvalue weighted by molar-refractivity contribution is 5.61. The molecule has 0 radical (unpaired) electrons. The normalized spacial score (nSPS) is 16.8. The first-order valence-electron chi connectivity index (χ1n) is 4.12. The standard InChI is InChI=1S/C9H9FN2O/c10-8-2-1-3-11-9(8)12-4-7(5-12)6-13/h1-3,6-7H,4-5H2. The van der Waals surface area contributed by atoms with E-state index in [1.54, 1.807) is 17.2 Å². The van der Waals surface area contributed by atoms with Gasteiger partial charge < -0.3 is 9.69 Å². The number of aldehydes is 1. The van der Waals surface area contributed by atoms with Gasteiger partial charge in [-0.25, -0.2) is 9.37 Å². The van der Waals surface area contributed by atoms with Crippen LogP contribution in [0.2, 0.25) is 0 Å². The number of hydrogen-bond acceptors (Lipinski definition) is 3. The molecular formula is C9H9FN2O. The number of halogens is 1. The van der Waals surface area contributed by atoms with Gasteiger partial charge in [-0.1, -0.05) is 0 Å². The Kier molecular flexibility index (Phi) is 1.96. The lowest BCUT2D eigenvalue weighted by Gasteiger charge is -2.37. The van der Waals surface area contributed by atoms with Crippen LogP contribution in [0.5, 0.6) is 0 Å². The first-order chi connectivity index (χ1) is 6.31. The van der Waals surface area contributed by atoms with E-state index < -0.39 is 0 Å². The van der Waals surface area contributed by atoms with Crippen LogP contribution in [0.25, 0.3) is 0 Å². The van der Waals surface area contributed by atoms with Crippen molar-refractivity contribution >= 4 is 12.1 Å². The third kappa shape index (κ3) is 1.39. The van der Waals surface area contributed by atoms with Crippen LogP contribution in [-0.4, -0.2) is 24.4 Å². The average Bonchev–Trinajstić information content (AvgIpc) is 2.06. The van der Waals surface area contributed by atoms with Crippen molar-refractivity contribution in [1.29, 1.82) is 0 Å². The molecule has 2 rings (SSSR count). The number of pyridine rings is 1. The van der Waals surface area contributed by atoms with E-state index in [-0.39, 0.29) is 11.7 Å². The highest BCUT2D eigenvalue weighted by Gasteiger charge is 2.28. The van der Waals surface area contributed by atoms with Crippen LogP contribution < -0.4 is 4.90 Å². The van der Waals surface area contributed by atoms with Crippen LogP contribution in [0, 0.1) is 11.7 Å². The minimum absolute atomic E-state index is 0.0430. The third-order valence-corrected chi connectivity index (χ3v) is 2.14. The zero-order valence-corrected chi connectivity index (χ0v) is 6.98. The van der Waals surface area contributed by atoms with E-state index in [9.17, 15) is 9.18 Å². The Balaban J connectivity index is 2.11. The predicted molar refractivity (Wildman–Crippen MR) is 46.0 cm³/mol. The summed E-state index contributed by atoms with van der Waals surface area (Å²) in [5, 5.41) is 0. The van der Waals surface area contributed by atoms with Gasteiger partial charge in [0.25, 0.3) is 0 Å². The first kappa shape index (κ1) is 8.16. The molecule has 0 aliphatic carbocycles. The molecule has 3 nitrogen and oxygen atoms in total. The van der Waals surface area contributed by atoms with Crippen LogP contribution in [-0.2, 0) is 4.79 Å². The van der Waals surface area contributed by atoms with E-state index in [0.29, 0.717) is 18.9 Å². The van der Waals surface area contributed by atoms with Gasteiger partial charge in [-0.2, -0.15) is 0 Å². The molecule has 0 unspecified atom stereocenters. The molecule has 0 amide bonds. The Bertz CT molecular complexity index is 323. The fraction of sp³-hybridized carbons (Fsp3) is 0.333. The molecule has 13 heavy (non-hydrogen) atoms. The van der Waals surface area contributed by atoms with Crippen LogP contribution in [0.15, 0.2) is 18.3 Å². The number of anilines is 1. The van der Waals surface area contributed by atoms with E-state index in [0.717, 1.165) is 6.29 Å². The molecule has 1 aliphatic heterocycles. The molecule has 68 valence electrons. The Morgan fingerprint density at radius 1 is 1.62 bits per heavy atom. The van der Waals surface area contributed by atoms with Gasteiger partial charge in [0.2, 0.25) is 0 Å². The number of aromatic nitrogens is 1. The van der Waals surface area contributed by atoms with E-state index in [1.165, 1.54) is 6.07 Å². The SMILES string of the molecule is O=CC1CN(c2ncccc2F)C1. The number of rotatable bonds is 2. The van der Waals surface area contributed by atoms with Crippen molar-refractivity contribution in [2.24, 2.45) is 5.92 Å². The lowest BCUT2D eigenvalue weighted by Crippen LogP contribution is -2.48. The van der Waals surface area contributed by atoms with Crippen LogP contribution in [0.1, 0.15) is 0 Å². The van der Waals surface area contributed by atoms with Crippen LogP contribution in [0.3, 0.4) is 0 Å². The summed E-state index contributed by atoms with van der Waals surface area (Å²) in [7, 11) is 0. The number of nitrogens with zero attached hydrogens (tertiary/aromatic N) is 2. The quantitative estimate of drug-likeness (QED) is 0.633. The maximum Gasteiger partial charge on any atom is 0.165 e. The summed E-state index contributed by atoms with van der Waals surface area (Å²) in [4.78, 5) is 16.0. The van der Waals surface area contributed by atoms with Gasteiger partial charge in [0.15, 0.2) is 11.6 Å². The van der Waals surface area contributed by atoms with E-state index in [4.69, 9.17) is 0 Å². The maximum absolute atomic E-state index is 13.1. The molecule has 0 bridgehead atoms. The fourth-order valence-electron chi connectivity index (χ4n) is 1.38. The van der Waals surface area contributed by atoms with Crippen LogP contribution >= 0.6 is 0 Å². The summed E-state index contributed by atoms with van der Waals surface area (Å²) < 4.78 is 13.1. The summed E-state index contributed by atoms with van der Waals surface area (Å²) in [5.74, 6) is 0.0638. The molecule has 1 aliphatic rings. The second-order valence-electron chi connectivity index (χ2n) is 3.11. The number of hydrogen-bond donors (Lipinski definition) is 0. The highest BCUT2D eigenvalue weighted by Crippen LogP contribution is 2.23. The van der Waals surface area contributed by atoms with Crippen molar-refractivity contribution in [2.45, 2.75) is 0 Å². The smallest absolute Gasteiger partial charge is 0.165 e. The molecule has 1 fully saturated rings. The second-order valence-corrected chi connectivity index (χ2v) is 3.11. The zero-order valence-electron chi connectivity index (χ0n) is 6.98. The third-order valence-electron chi connectivity index (χ3n) is 2.14. The van der Waals surface area contributed by atoms with Gasteiger partial charge in [-0.3, -0.25) is 0 Å². The summed E-state index contributed by atoms with van der Waals surface area (Å²) in [6, 6.07) is 2.92. The van der Waals surface area contributed by atoms with Gasteiger partial charge in [-0.15, -0.1) is 0 Å². The Morgan fingerprint density at radius 3 is 3.00 bits per heavy atom. The Labute approximate surface area is 75.2 Å². The zero-order chi connectivity index (χ0) is 9.26. The molecule has 0 spiro atoms. The molecule has 2 heterocycles. The minimum atomic E-state index is -0.327. The molecule has 1 aromatic heterocycles. The average molecular weight is 180 g/mol. The lowest BCUT2D eigenvalue weighted by atomic mass is 10.0. The summed E-state index contributed by atoms with van der Waals surface area (Å²) in [5.41, 5.74) is 0. The molecule has 1 saturated heterocycles. The van der Waals surface area contributed by atoms with Gasteiger partial charge >= 0.3 is 0 Å². The van der Waals surface area contributed by atoms with Crippen molar-refractivity contribution in [1.82, 2.24) is 4.98 Å². The second kappa shape index (κ2) is 3.12. The van der Waals surface area contributed by atoms with Crippen LogP contribution in [0.4, 0.5) is 10.2 Å². The van der Waals surface area contributed by atoms with Crippen molar-refractivity contribution in [3.05, 3.63) is 24.1 Å². The van der Waals surface area contributed by atoms with Crippen molar-refractivity contribution < 1.29 is 9.18 Å². The van der Waals surface area contributed by atoms with Gasteiger partial charge in [-0.05, 0) is 12.1 Å². The van der Waals surface area contributed by atoms with Crippen molar-refractivity contribution in [3.8, 4) is 0 Å². The highest BCUT2D eigenvalue weighted by atomic mass is 19.1. The number of carbonyl (C=O) groups is 1. The minimum Gasteiger partial charge on any atom is -0.353 e. The Hall–Kier alpha value is -1.45. The van der Waals surface area contributed by atoms with E-state index in [1.807, 2.05) is 0 Å². The monoisotopic (exact) mass is 180 g/mol. The summed E-state index contributed by atoms with van der Waals surface area (Å²) >= 11 is 0. The largest absolute Gasteiger partial charge is 0.353 e. The molecule has 0 aromatic carbocycles. The Morgan fingerprint density at radius 2 is 2.38 bits per heavy atom. The van der Waals surface area contributed by atoms with Crippen molar-refractivity contribution in [2.75, 3.05) is 18.0 Å². The molecule has 0 saturated carbocycles. The maximum atomic E-state index is 13.1. The molecule has 4 heteroatoms. The molecule has 0 N–H and O–H groups in total. The summed E-state index contributed by atoms with van der Waals surface area (Å²) in [6.07, 6.45) is 2.45. The topological polar surface area (TPSA) is 33.2 Å². The fourth-order valence-corrected chi connectivity index (χ4v) is 1.38. The molecular weight excluding hydrogens is 171 g/mol. The first-order valence-corrected chi connectivity index (χ1v) is 4.12. The molecule has 0 atom stereocenters. The van der Waals surface area contributed by atoms with Crippen molar-refractivity contribution in [3.63, 3.8) is 0 Å². The van der Waals surface area contributed by atoms with E-state index in [2.05, 4.69) is 4.98 Å². The van der Waals surface area contributed by atoms with Gasteiger partial charge in [0.05, 0.1) is 0 Å². The molecule has 1 aromatic rings. The summed E-state index contributed by atoms with van der Waals surface area (Å²) in [6.45, 7) is 1.16. The lowest BCUT2D eigenvalue weighted by molar-refractivity contribution is -0.111. The van der Waals surface area contributed by atoms with E-state index >= 15 is 0 Å². The van der Waals surface area contributed by atoms with Gasteiger partial charge in [0.1, 0.15) is 6.29 Å². The number of carbonyl (C=O) groups excluding carboxylic acids is 1.